The summed E-state index contributed by atoms with van der Waals surface area (Å²) in [7, 11) is -0.623. The van der Waals surface area contributed by atoms with E-state index in [-0.39, 0.29) is 10.8 Å². The lowest BCUT2D eigenvalue weighted by atomic mass is 10.2. The summed E-state index contributed by atoms with van der Waals surface area (Å²) < 4.78 is 27.0. The molecular weight excluding hydrogens is 372 g/mol. The van der Waals surface area contributed by atoms with Crippen molar-refractivity contribution in [3.05, 3.63) is 59.1 Å². The number of nitrogens with zero attached hydrogens (tertiary/aromatic N) is 2. The molecule has 0 aliphatic carbocycles. The van der Waals surface area contributed by atoms with Crippen molar-refractivity contribution in [1.82, 2.24) is 4.90 Å². The van der Waals surface area contributed by atoms with Gasteiger partial charge in [0.05, 0.1) is 10.6 Å². The number of halogens is 1. The average Bonchev–Trinajstić information content (AvgIpc) is 2.64. The highest BCUT2D eigenvalue weighted by Gasteiger charge is 2.23. The number of unbranched alkanes of at least 4 members (excludes halogenated alkanes) is 1. The quantitative estimate of drug-likeness (QED) is 0.712. The first-order chi connectivity index (χ1) is 12.3. The van der Waals surface area contributed by atoms with Crippen molar-refractivity contribution in [2.45, 2.75) is 24.7 Å². The van der Waals surface area contributed by atoms with Gasteiger partial charge in [0, 0.05) is 31.2 Å². The maximum Gasteiger partial charge on any atom is 0.264 e. The predicted octanol–water partition coefficient (Wildman–Crippen LogP) is 4.04. The molecule has 0 unspecified atom stereocenters. The van der Waals surface area contributed by atoms with Gasteiger partial charge in [-0.15, -0.1) is 0 Å². The molecule has 0 atom stereocenters. The minimum atomic E-state index is -3.80. The van der Waals surface area contributed by atoms with E-state index in [2.05, 4.69) is 6.92 Å². The van der Waals surface area contributed by atoms with Gasteiger partial charge in [-0.2, -0.15) is 0 Å². The monoisotopic (exact) mass is 394 g/mol. The summed E-state index contributed by atoms with van der Waals surface area (Å²) in [4.78, 5) is 14.2. The second-order valence-electron chi connectivity index (χ2n) is 6.06. The van der Waals surface area contributed by atoms with Gasteiger partial charge in [0.25, 0.3) is 15.9 Å². The molecule has 0 saturated carbocycles. The molecule has 1 amide bonds. The van der Waals surface area contributed by atoms with Crippen LogP contribution in [0.2, 0.25) is 5.02 Å². The number of carbonyl (C=O) groups is 1. The van der Waals surface area contributed by atoms with E-state index in [4.69, 9.17) is 11.6 Å². The van der Waals surface area contributed by atoms with E-state index in [1.165, 1.54) is 19.2 Å². The predicted molar refractivity (Wildman–Crippen MR) is 105 cm³/mol. The molecule has 5 nitrogen and oxygen atoms in total. The molecule has 7 heteroatoms. The third kappa shape index (κ3) is 4.56. The Morgan fingerprint density at radius 1 is 1.08 bits per heavy atom. The Labute approximate surface area is 160 Å². The lowest BCUT2D eigenvalue weighted by Gasteiger charge is -2.21. The van der Waals surface area contributed by atoms with Crippen LogP contribution in [0.25, 0.3) is 0 Å². The fourth-order valence-corrected chi connectivity index (χ4v) is 3.89. The van der Waals surface area contributed by atoms with Crippen molar-refractivity contribution in [1.29, 1.82) is 0 Å². The highest BCUT2D eigenvalue weighted by Crippen LogP contribution is 2.25. The van der Waals surface area contributed by atoms with Gasteiger partial charge in [-0.3, -0.25) is 9.10 Å². The number of rotatable bonds is 7. The van der Waals surface area contributed by atoms with Crippen LogP contribution in [-0.4, -0.2) is 39.9 Å². The van der Waals surface area contributed by atoms with Crippen molar-refractivity contribution in [2.75, 3.05) is 24.9 Å². The minimum absolute atomic E-state index is 0.0646. The third-order valence-corrected chi connectivity index (χ3v) is 6.12. The zero-order chi connectivity index (χ0) is 19.3. The molecule has 0 aromatic heterocycles. The van der Waals surface area contributed by atoms with Gasteiger partial charge in [-0.1, -0.05) is 37.1 Å². The van der Waals surface area contributed by atoms with E-state index in [0.29, 0.717) is 22.8 Å². The fourth-order valence-electron chi connectivity index (χ4n) is 2.48. The lowest BCUT2D eigenvalue weighted by molar-refractivity contribution is 0.0793. The van der Waals surface area contributed by atoms with Crippen molar-refractivity contribution in [3.63, 3.8) is 0 Å². The Kier molecular flexibility index (Phi) is 6.67. The van der Waals surface area contributed by atoms with E-state index < -0.39 is 10.0 Å². The van der Waals surface area contributed by atoms with Gasteiger partial charge < -0.3 is 4.90 Å². The van der Waals surface area contributed by atoms with E-state index >= 15 is 0 Å². The van der Waals surface area contributed by atoms with Gasteiger partial charge in [-0.05, 0) is 42.8 Å². The van der Waals surface area contributed by atoms with Crippen LogP contribution in [0.15, 0.2) is 53.4 Å². The van der Waals surface area contributed by atoms with Crippen LogP contribution in [0.4, 0.5) is 5.69 Å². The highest BCUT2D eigenvalue weighted by atomic mass is 35.5. The molecule has 0 N–H and O–H groups in total. The minimum Gasteiger partial charge on any atom is -0.342 e. The maximum absolute atomic E-state index is 12.9. The summed E-state index contributed by atoms with van der Waals surface area (Å²) in [5.41, 5.74) is 0.804. The van der Waals surface area contributed by atoms with Crippen LogP contribution in [0, 0.1) is 0 Å². The van der Waals surface area contributed by atoms with Crippen molar-refractivity contribution >= 4 is 33.2 Å². The number of benzene rings is 2. The first kappa shape index (κ1) is 20.3. The van der Waals surface area contributed by atoms with Gasteiger partial charge in [0.15, 0.2) is 0 Å². The Bertz CT molecular complexity index is 884. The van der Waals surface area contributed by atoms with Crippen LogP contribution in [0.3, 0.4) is 0 Å². The second-order valence-corrected chi connectivity index (χ2v) is 8.47. The van der Waals surface area contributed by atoms with Crippen molar-refractivity contribution in [2.24, 2.45) is 0 Å². The van der Waals surface area contributed by atoms with Gasteiger partial charge in [-0.25, -0.2) is 8.42 Å². The van der Waals surface area contributed by atoms with Crippen LogP contribution in [0.1, 0.15) is 30.1 Å². The number of hydrogen-bond donors (Lipinski definition) is 0. The molecule has 0 bridgehead atoms. The Morgan fingerprint density at radius 3 is 2.42 bits per heavy atom. The molecule has 0 radical (unpaired) electrons. The number of carbonyl (C=O) groups excluding carboxylic acids is 1. The largest absolute Gasteiger partial charge is 0.342 e. The molecule has 0 aliphatic rings. The van der Waals surface area contributed by atoms with E-state index in [1.807, 2.05) is 0 Å². The molecule has 0 saturated heterocycles. The summed E-state index contributed by atoms with van der Waals surface area (Å²) >= 11 is 5.96. The number of amides is 1. The second kappa shape index (κ2) is 8.56. The van der Waals surface area contributed by atoms with E-state index in [9.17, 15) is 13.2 Å². The molecule has 0 aliphatic heterocycles. The first-order valence-corrected chi connectivity index (χ1v) is 10.2. The lowest BCUT2D eigenvalue weighted by Crippen LogP contribution is -2.29. The van der Waals surface area contributed by atoms with Crippen LogP contribution >= 0.6 is 11.6 Å². The van der Waals surface area contributed by atoms with Gasteiger partial charge >= 0.3 is 0 Å². The average molecular weight is 395 g/mol. The molecule has 0 fully saturated rings. The van der Waals surface area contributed by atoms with Crippen molar-refractivity contribution in [3.8, 4) is 0 Å². The summed E-state index contributed by atoms with van der Waals surface area (Å²) in [6.45, 7) is 2.69. The number of sulfonamides is 1. The van der Waals surface area contributed by atoms with Crippen molar-refractivity contribution < 1.29 is 13.2 Å². The fraction of sp³-hybridized carbons (Fsp3) is 0.316. The molecule has 2 aromatic rings. The normalized spacial score (nSPS) is 11.2. The number of anilines is 1. The molecule has 0 heterocycles. The molecule has 2 rings (SSSR count). The molecular formula is C19H23ClN2O3S. The van der Waals surface area contributed by atoms with Crippen LogP contribution in [-0.2, 0) is 10.0 Å². The molecule has 0 spiro atoms. The number of hydrogen-bond acceptors (Lipinski definition) is 3. The van der Waals surface area contributed by atoms with Gasteiger partial charge in [0.1, 0.15) is 0 Å². The third-order valence-electron chi connectivity index (χ3n) is 4.10. The zero-order valence-electron chi connectivity index (χ0n) is 15.1. The topological polar surface area (TPSA) is 57.7 Å². The Morgan fingerprint density at radius 2 is 1.77 bits per heavy atom. The summed E-state index contributed by atoms with van der Waals surface area (Å²) in [5, 5.41) is 0.450. The molecule has 2 aromatic carbocycles. The van der Waals surface area contributed by atoms with E-state index in [0.717, 1.165) is 17.1 Å². The SMILES string of the molecule is CCCCN(C)C(=O)c1cccc(S(=O)(=O)N(C)c2cccc(Cl)c2)c1. The first-order valence-electron chi connectivity index (χ1n) is 8.37. The Hall–Kier alpha value is -2.05. The maximum atomic E-state index is 12.9. The van der Waals surface area contributed by atoms with E-state index in [1.54, 1.807) is 48.3 Å². The molecule has 26 heavy (non-hydrogen) atoms. The standard InChI is InChI=1S/C19H23ClN2O3S/c1-4-5-12-21(2)19(23)15-8-6-11-18(13-15)26(24,25)22(3)17-10-7-9-16(20)14-17/h6-11,13-14H,4-5,12H2,1-3H3. The van der Waals surface area contributed by atoms with Gasteiger partial charge in [0.2, 0.25) is 0 Å². The van der Waals surface area contributed by atoms with Crippen LogP contribution < -0.4 is 4.31 Å². The Balaban J connectivity index is 2.32. The smallest absolute Gasteiger partial charge is 0.264 e. The highest BCUT2D eigenvalue weighted by molar-refractivity contribution is 7.92. The molecule has 140 valence electrons. The summed E-state index contributed by atoms with van der Waals surface area (Å²) in [5.74, 6) is -0.194. The summed E-state index contributed by atoms with van der Waals surface area (Å²) in [6.07, 6.45) is 1.88. The zero-order valence-corrected chi connectivity index (χ0v) is 16.7. The van der Waals surface area contributed by atoms with Crippen LogP contribution in [0.5, 0.6) is 0 Å². The summed E-state index contributed by atoms with van der Waals surface area (Å²) in [6, 6.07) is 12.7.